The second kappa shape index (κ2) is 3.70. The number of aryl methyl sites for hydroxylation is 1. The quantitative estimate of drug-likeness (QED) is 0.719. The van der Waals surface area contributed by atoms with E-state index in [1.54, 1.807) is 7.11 Å². The van der Waals surface area contributed by atoms with Crippen LogP contribution in [0.15, 0.2) is 24.3 Å². The molecule has 0 radical (unpaired) electrons. The summed E-state index contributed by atoms with van der Waals surface area (Å²) in [6, 6.07) is 6.31. The lowest BCUT2D eigenvalue weighted by atomic mass is 9.97. The van der Waals surface area contributed by atoms with Gasteiger partial charge in [-0.1, -0.05) is 6.08 Å². The normalized spacial score (nSPS) is 14.8. The van der Waals surface area contributed by atoms with Crippen LogP contribution in [-0.2, 0) is 6.42 Å². The minimum atomic E-state index is 0.963. The maximum Gasteiger partial charge on any atom is 0.119 e. The second-order valence-corrected chi connectivity index (χ2v) is 4.28. The molecule has 0 unspecified atom stereocenters. The molecule has 0 amide bonds. The molecule has 0 saturated carbocycles. The summed E-state index contributed by atoms with van der Waals surface area (Å²) >= 11 is 2.39. The van der Waals surface area contributed by atoms with Crippen molar-refractivity contribution in [2.45, 2.75) is 12.8 Å². The van der Waals surface area contributed by atoms with Crippen LogP contribution in [0.5, 0.6) is 5.75 Å². The molecule has 0 bridgehead atoms. The molecule has 0 spiro atoms. The third kappa shape index (κ3) is 1.73. The number of fused-ring (bicyclic) bond motifs is 1. The highest BCUT2D eigenvalue weighted by atomic mass is 127. The average Bonchev–Trinajstić information content (AvgIpc) is 2.18. The van der Waals surface area contributed by atoms with E-state index >= 15 is 0 Å². The summed E-state index contributed by atoms with van der Waals surface area (Å²) in [4.78, 5) is 0. The van der Waals surface area contributed by atoms with E-state index in [-0.39, 0.29) is 0 Å². The minimum Gasteiger partial charge on any atom is -0.497 e. The molecule has 68 valence electrons. The first-order chi connectivity index (χ1) is 6.31. The third-order valence-electron chi connectivity index (χ3n) is 2.31. The maximum absolute atomic E-state index is 5.19. The van der Waals surface area contributed by atoms with Gasteiger partial charge in [-0.15, -0.1) is 0 Å². The number of hydrogen-bond donors (Lipinski definition) is 0. The van der Waals surface area contributed by atoms with E-state index in [2.05, 4.69) is 40.8 Å². The van der Waals surface area contributed by atoms with Gasteiger partial charge >= 0.3 is 0 Å². The van der Waals surface area contributed by atoms with Crippen LogP contribution in [0.3, 0.4) is 0 Å². The van der Waals surface area contributed by atoms with Gasteiger partial charge in [0.05, 0.1) is 7.11 Å². The van der Waals surface area contributed by atoms with E-state index in [0.29, 0.717) is 0 Å². The summed E-state index contributed by atoms with van der Waals surface area (Å²) in [5, 5.41) is 0. The van der Waals surface area contributed by atoms with E-state index in [0.717, 1.165) is 18.6 Å². The van der Waals surface area contributed by atoms with E-state index in [1.165, 1.54) is 14.7 Å². The van der Waals surface area contributed by atoms with Crippen molar-refractivity contribution >= 4 is 26.2 Å². The molecule has 2 rings (SSSR count). The summed E-state index contributed by atoms with van der Waals surface area (Å²) in [5.74, 6) is 0.963. The predicted molar refractivity (Wildman–Crippen MR) is 63.3 cm³/mol. The largest absolute Gasteiger partial charge is 0.497 e. The highest BCUT2D eigenvalue weighted by Crippen LogP contribution is 2.32. The van der Waals surface area contributed by atoms with Gasteiger partial charge in [-0.25, -0.2) is 0 Å². The topological polar surface area (TPSA) is 9.23 Å². The van der Waals surface area contributed by atoms with Gasteiger partial charge in [-0.3, -0.25) is 0 Å². The van der Waals surface area contributed by atoms with Crippen LogP contribution in [-0.4, -0.2) is 7.11 Å². The average molecular weight is 286 g/mol. The van der Waals surface area contributed by atoms with E-state index in [9.17, 15) is 0 Å². The fraction of sp³-hybridized carbons (Fsp3) is 0.273. The van der Waals surface area contributed by atoms with Gasteiger partial charge in [-0.2, -0.15) is 0 Å². The van der Waals surface area contributed by atoms with Crippen molar-refractivity contribution in [3.05, 3.63) is 35.4 Å². The van der Waals surface area contributed by atoms with Gasteiger partial charge in [0.2, 0.25) is 0 Å². The molecule has 2 heteroatoms. The molecular formula is C11H11IO. The monoisotopic (exact) mass is 286 g/mol. The lowest BCUT2D eigenvalue weighted by Gasteiger charge is -2.14. The van der Waals surface area contributed by atoms with Gasteiger partial charge in [0.25, 0.3) is 0 Å². The van der Waals surface area contributed by atoms with Crippen molar-refractivity contribution < 1.29 is 4.74 Å². The van der Waals surface area contributed by atoms with E-state index < -0.39 is 0 Å². The zero-order valence-corrected chi connectivity index (χ0v) is 9.67. The number of ether oxygens (including phenoxy) is 1. The Balaban J connectivity index is 2.48. The first-order valence-electron chi connectivity index (χ1n) is 4.34. The van der Waals surface area contributed by atoms with Crippen LogP contribution < -0.4 is 4.74 Å². The van der Waals surface area contributed by atoms with E-state index in [4.69, 9.17) is 4.74 Å². The molecule has 0 atom stereocenters. The Labute approximate surface area is 91.9 Å². The number of methoxy groups -OCH3 is 1. The fourth-order valence-corrected chi connectivity index (χ4v) is 2.44. The molecule has 0 N–H and O–H groups in total. The number of allylic oxidation sites excluding steroid dienone is 1. The van der Waals surface area contributed by atoms with Crippen LogP contribution in [0.4, 0.5) is 0 Å². The highest BCUT2D eigenvalue weighted by molar-refractivity contribution is 14.1. The van der Waals surface area contributed by atoms with Crippen molar-refractivity contribution in [1.82, 2.24) is 0 Å². The van der Waals surface area contributed by atoms with Gasteiger partial charge in [0, 0.05) is 3.58 Å². The highest BCUT2D eigenvalue weighted by Gasteiger charge is 2.10. The Morgan fingerprint density at radius 2 is 2.23 bits per heavy atom. The minimum absolute atomic E-state index is 0.963. The number of rotatable bonds is 1. The molecular weight excluding hydrogens is 275 g/mol. The van der Waals surface area contributed by atoms with Crippen LogP contribution in [0.25, 0.3) is 3.58 Å². The molecule has 1 aromatic rings. The Hall–Kier alpha value is -0.510. The molecule has 0 heterocycles. The van der Waals surface area contributed by atoms with Gasteiger partial charge < -0.3 is 4.74 Å². The summed E-state index contributed by atoms with van der Waals surface area (Å²) in [6.07, 6.45) is 4.58. The summed E-state index contributed by atoms with van der Waals surface area (Å²) in [5.41, 5.74) is 2.78. The standard InChI is InChI=1S/C11H11IO/c1-13-9-5-6-10-8(7-9)3-2-4-11(10)12/h4-7H,2-3H2,1H3. The van der Waals surface area contributed by atoms with Crippen molar-refractivity contribution in [3.63, 3.8) is 0 Å². The van der Waals surface area contributed by atoms with Gasteiger partial charge in [0.15, 0.2) is 0 Å². The smallest absolute Gasteiger partial charge is 0.119 e. The zero-order chi connectivity index (χ0) is 9.26. The Morgan fingerprint density at radius 1 is 1.38 bits per heavy atom. The zero-order valence-electron chi connectivity index (χ0n) is 7.51. The molecule has 1 aromatic carbocycles. The number of hydrogen-bond acceptors (Lipinski definition) is 1. The molecule has 1 aliphatic rings. The van der Waals surface area contributed by atoms with Crippen LogP contribution in [0.2, 0.25) is 0 Å². The SMILES string of the molecule is COc1ccc2c(c1)CCC=C2I. The Kier molecular flexibility index (Phi) is 2.58. The maximum atomic E-state index is 5.19. The molecule has 0 aromatic heterocycles. The molecule has 1 aliphatic carbocycles. The van der Waals surface area contributed by atoms with Crippen molar-refractivity contribution in [2.24, 2.45) is 0 Å². The van der Waals surface area contributed by atoms with Crippen molar-refractivity contribution in [2.75, 3.05) is 7.11 Å². The van der Waals surface area contributed by atoms with Crippen molar-refractivity contribution in [1.29, 1.82) is 0 Å². The Bertz CT molecular complexity index is 355. The summed E-state index contributed by atoms with van der Waals surface area (Å²) in [6.45, 7) is 0. The summed E-state index contributed by atoms with van der Waals surface area (Å²) in [7, 11) is 1.71. The number of halogens is 1. The molecule has 13 heavy (non-hydrogen) atoms. The Morgan fingerprint density at radius 3 is 3.00 bits per heavy atom. The van der Waals surface area contributed by atoms with Crippen LogP contribution >= 0.6 is 22.6 Å². The first-order valence-corrected chi connectivity index (χ1v) is 5.42. The van der Waals surface area contributed by atoms with Crippen LogP contribution in [0.1, 0.15) is 17.5 Å². The van der Waals surface area contributed by atoms with Gasteiger partial charge in [-0.05, 0) is 64.8 Å². The van der Waals surface area contributed by atoms with Crippen LogP contribution in [0, 0.1) is 0 Å². The first kappa shape index (κ1) is 9.06. The fourth-order valence-electron chi connectivity index (χ4n) is 1.60. The molecule has 0 aliphatic heterocycles. The lowest BCUT2D eigenvalue weighted by molar-refractivity contribution is 0.414. The summed E-state index contributed by atoms with van der Waals surface area (Å²) < 4.78 is 6.56. The molecule has 1 nitrogen and oxygen atoms in total. The second-order valence-electron chi connectivity index (χ2n) is 3.11. The molecule has 0 saturated heterocycles. The molecule has 0 fully saturated rings. The van der Waals surface area contributed by atoms with Crippen molar-refractivity contribution in [3.8, 4) is 5.75 Å². The van der Waals surface area contributed by atoms with E-state index in [1.807, 2.05) is 6.07 Å². The lowest BCUT2D eigenvalue weighted by Crippen LogP contribution is -1.97. The third-order valence-corrected chi connectivity index (χ3v) is 3.33. The van der Waals surface area contributed by atoms with Gasteiger partial charge in [0.1, 0.15) is 5.75 Å². The number of benzene rings is 1. The predicted octanol–water partition coefficient (Wildman–Crippen LogP) is 3.42.